The molecule has 1 saturated heterocycles. The van der Waals surface area contributed by atoms with Gasteiger partial charge in [0.25, 0.3) is 0 Å². The van der Waals surface area contributed by atoms with Crippen LogP contribution in [0.25, 0.3) is 11.2 Å². The van der Waals surface area contributed by atoms with E-state index in [9.17, 15) is 0 Å². The van der Waals surface area contributed by atoms with Gasteiger partial charge in [-0.2, -0.15) is 0 Å². The zero-order valence-corrected chi connectivity index (χ0v) is 13.9. The highest BCUT2D eigenvalue weighted by atomic mass is 35.5. The lowest BCUT2D eigenvalue weighted by atomic mass is 9.77. The zero-order valence-electron chi connectivity index (χ0n) is 13.1. The summed E-state index contributed by atoms with van der Waals surface area (Å²) in [6, 6.07) is 1.96. The standard InChI is InChI=1S/C14H21ClN6/c1-13(2)7-9(8-14(3,4)20(13)5)21-12-10(16-19-21)6-11(15)17-18-12/h6,9H,7-8H2,1-5H3. The van der Waals surface area contributed by atoms with Gasteiger partial charge in [-0.1, -0.05) is 16.8 Å². The Morgan fingerprint density at radius 1 is 1.10 bits per heavy atom. The SMILES string of the molecule is CN1C(C)(C)CC(n2nnc3cc(Cl)nnc32)CC1(C)C. The molecule has 2 aromatic heterocycles. The van der Waals surface area contributed by atoms with E-state index < -0.39 is 0 Å². The van der Waals surface area contributed by atoms with Crippen molar-refractivity contribution in [1.82, 2.24) is 30.1 Å². The van der Waals surface area contributed by atoms with Gasteiger partial charge < -0.3 is 0 Å². The van der Waals surface area contributed by atoms with E-state index in [2.05, 4.69) is 60.2 Å². The predicted molar refractivity (Wildman–Crippen MR) is 82.3 cm³/mol. The first-order chi connectivity index (χ1) is 9.71. The molecule has 0 saturated carbocycles. The van der Waals surface area contributed by atoms with Crippen molar-refractivity contribution < 1.29 is 0 Å². The molecular weight excluding hydrogens is 288 g/mol. The smallest absolute Gasteiger partial charge is 0.201 e. The minimum atomic E-state index is 0.0878. The molecule has 0 aliphatic carbocycles. The molecule has 0 amide bonds. The molecule has 0 bridgehead atoms. The van der Waals surface area contributed by atoms with Crippen LogP contribution in [0, 0.1) is 0 Å². The van der Waals surface area contributed by atoms with Crippen molar-refractivity contribution in [3.05, 3.63) is 11.2 Å². The topological polar surface area (TPSA) is 59.7 Å². The number of rotatable bonds is 1. The van der Waals surface area contributed by atoms with Crippen LogP contribution in [0.1, 0.15) is 46.6 Å². The van der Waals surface area contributed by atoms with Crippen molar-refractivity contribution in [3.63, 3.8) is 0 Å². The second-order valence-electron chi connectivity index (χ2n) is 7.16. The first-order valence-electron chi connectivity index (χ1n) is 7.19. The largest absolute Gasteiger partial charge is 0.296 e. The second kappa shape index (κ2) is 4.61. The monoisotopic (exact) mass is 308 g/mol. The molecule has 2 aromatic rings. The van der Waals surface area contributed by atoms with Crippen LogP contribution in [0.2, 0.25) is 5.15 Å². The number of halogens is 1. The summed E-state index contributed by atoms with van der Waals surface area (Å²) in [7, 11) is 2.19. The van der Waals surface area contributed by atoms with Crippen molar-refractivity contribution in [1.29, 1.82) is 0 Å². The van der Waals surface area contributed by atoms with Gasteiger partial charge in [-0.3, -0.25) is 4.90 Å². The Labute approximate surface area is 129 Å². The van der Waals surface area contributed by atoms with Crippen molar-refractivity contribution >= 4 is 22.8 Å². The van der Waals surface area contributed by atoms with Gasteiger partial charge >= 0.3 is 0 Å². The highest BCUT2D eigenvalue weighted by Crippen LogP contribution is 2.42. The third-order valence-corrected chi connectivity index (χ3v) is 5.01. The summed E-state index contributed by atoms with van der Waals surface area (Å²) in [5.74, 6) is 0. The van der Waals surface area contributed by atoms with E-state index >= 15 is 0 Å². The molecule has 0 N–H and O–H groups in total. The van der Waals surface area contributed by atoms with Gasteiger partial charge in [0.2, 0.25) is 5.65 Å². The van der Waals surface area contributed by atoms with Gasteiger partial charge in [-0.05, 0) is 47.6 Å². The molecule has 6 nitrogen and oxygen atoms in total. The fourth-order valence-electron chi connectivity index (χ4n) is 3.47. The van der Waals surface area contributed by atoms with Crippen LogP contribution in [-0.2, 0) is 0 Å². The average Bonchev–Trinajstić information content (AvgIpc) is 2.78. The molecule has 1 aliphatic rings. The van der Waals surface area contributed by atoms with E-state index in [1.165, 1.54) is 0 Å². The fourth-order valence-corrected chi connectivity index (χ4v) is 3.61. The Kier molecular flexibility index (Phi) is 3.22. The number of hydrogen-bond donors (Lipinski definition) is 0. The van der Waals surface area contributed by atoms with Crippen molar-refractivity contribution in [2.75, 3.05) is 7.05 Å². The first-order valence-corrected chi connectivity index (χ1v) is 7.56. The molecule has 0 atom stereocenters. The van der Waals surface area contributed by atoms with E-state index in [0.717, 1.165) is 12.8 Å². The van der Waals surface area contributed by atoms with Crippen LogP contribution in [0.3, 0.4) is 0 Å². The van der Waals surface area contributed by atoms with Gasteiger partial charge in [0.05, 0.1) is 6.04 Å². The molecule has 1 fully saturated rings. The van der Waals surface area contributed by atoms with Crippen LogP contribution in [0.4, 0.5) is 0 Å². The minimum Gasteiger partial charge on any atom is -0.296 e. The maximum absolute atomic E-state index is 5.87. The van der Waals surface area contributed by atoms with Crippen LogP contribution in [0.15, 0.2) is 6.07 Å². The summed E-state index contributed by atoms with van der Waals surface area (Å²) in [6.45, 7) is 9.07. The number of nitrogens with zero attached hydrogens (tertiary/aromatic N) is 6. The van der Waals surface area contributed by atoms with Crippen molar-refractivity contribution in [2.24, 2.45) is 0 Å². The molecule has 0 unspecified atom stereocenters. The number of aromatic nitrogens is 5. The number of hydrogen-bond acceptors (Lipinski definition) is 5. The molecule has 114 valence electrons. The van der Waals surface area contributed by atoms with Gasteiger partial charge in [-0.15, -0.1) is 15.3 Å². The van der Waals surface area contributed by atoms with Crippen molar-refractivity contribution in [2.45, 2.75) is 57.7 Å². The van der Waals surface area contributed by atoms with E-state index in [-0.39, 0.29) is 17.1 Å². The molecule has 7 heteroatoms. The predicted octanol–water partition coefficient (Wildman–Crippen LogP) is 2.70. The van der Waals surface area contributed by atoms with Gasteiger partial charge in [-0.25, -0.2) is 4.68 Å². The summed E-state index contributed by atoms with van der Waals surface area (Å²) < 4.78 is 1.91. The third-order valence-electron chi connectivity index (χ3n) is 4.82. The highest BCUT2D eigenvalue weighted by Gasteiger charge is 2.44. The molecule has 0 spiro atoms. The quantitative estimate of drug-likeness (QED) is 0.810. The summed E-state index contributed by atoms with van der Waals surface area (Å²) in [6.07, 6.45) is 1.99. The average molecular weight is 309 g/mol. The molecule has 1 aliphatic heterocycles. The lowest BCUT2D eigenvalue weighted by Crippen LogP contribution is -2.58. The van der Waals surface area contributed by atoms with Gasteiger partial charge in [0.1, 0.15) is 5.52 Å². The van der Waals surface area contributed by atoms with E-state index in [1.807, 2.05) is 4.68 Å². The van der Waals surface area contributed by atoms with Crippen LogP contribution in [0.5, 0.6) is 0 Å². The number of fused-ring (bicyclic) bond motifs is 1. The maximum atomic E-state index is 5.87. The van der Waals surface area contributed by atoms with Gasteiger partial charge in [0, 0.05) is 17.1 Å². The summed E-state index contributed by atoms with van der Waals surface area (Å²) in [5.41, 5.74) is 1.58. The Morgan fingerprint density at radius 2 is 1.71 bits per heavy atom. The lowest BCUT2D eigenvalue weighted by Gasteiger charge is -2.53. The molecule has 0 aromatic carbocycles. The minimum absolute atomic E-state index is 0.0878. The zero-order chi connectivity index (χ0) is 15.4. The highest BCUT2D eigenvalue weighted by molar-refractivity contribution is 6.29. The Bertz CT molecular complexity index is 659. The summed E-state index contributed by atoms with van der Waals surface area (Å²) in [4.78, 5) is 2.44. The van der Waals surface area contributed by atoms with Gasteiger partial charge in [0.15, 0.2) is 5.15 Å². The second-order valence-corrected chi connectivity index (χ2v) is 7.54. The summed E-state index contributed by atoms with van der Waals surface area (Å²) >= 11 is 5.87. The molecule has 21 heavy (non-hydrogen) atoms. The molecule has 3 heterocycles. The molecule has 3 rings (SSSR count). The Morgan fingerprint density at radius 3 is 2.33 bits per heavy atom. The Balaban J connectivity index is 2.03. The first kappa shape index (κ1) is 14.7. The van der Waals surface area contributed by atoms with Crippen molar-refractivity contribution in [3.8, 4) is 0 Å². The molecular formula is C14H21ClN6. The number of piperidine rings is 1. The maximum Gasteiger partial charge on any atom is 0.201 e. The van der Waals surface area contributed by atoms with E-state index in [4.69, 9.17) is 11.6 Å². The lowest BCUT2D eigenvalue weighted by molar-refractivity contribution is -0.0280. The Hall–Kier alpha value is -1.27. The molecule has 0 radical (unpaired) electrons. The third kappa shape index (κ3) is 2.40. The fraction of sp³-hybridized carbons (Fsp3) is 0.714. The normalized spacial score (nSPS) is 22.8. The van der Waals surface area contributed by atoms with E-state index in [0.29, 0.717) is 16.3 Å². The number of likely N-dealkylation sites (tertiary alicyclic amines) is 1. The van der Waals surface area contributed by atoms with E-state index in [1.54, 1.807) is 6.07 Å². The summed E-state index contributed by atoms with van der Waals surface area (Å²) in [5, 5.41) is 16.9. The van der Waals surface area contributed by atoms with Crippen LogP contribution < -0.4 is 0 Å². The van der Waals surface area contributed by atoms with Crippen LogP contribution >= 0.6 is 11.6 Å². The van der Waals surface area contributed by atoms with Crippen LogP contribution in [-0.4, -0.2) is 48.2 Å².